The van der Waals surface area contributed by atoms with Crippen molar-refractivity contribution < 1.29 is 23.5 Å². The molecule has 0 radical (unpaired) electrons. The molecule has 1 heterocycles. The molecule has 1 aliphatic rings. The second-order valence-electron chi connectivity index (χ2n) is 7.46. The van der Waals surface area contributed by atoms with Crippen LogP contribution in [0.4, 0.5) is 4.39 Å². The second-order valence-corrected chi connectivity index (χ2v) is 7.90. The number of benzene rings is 3. The highest BCUT2D eigenvalue weighted by atomic mass is 35.5. The number of β-lactam (4-membered cyclic amide) rings is 1. The van der Waals surface area contributed by atoms with Gasteiger partial charge >= 0.3 is 5.97 Å². The van der Waals surface area contributed by atoms with Crippen LogP contribution >= 0.6 is 11.6 Å². The summed E-state index contributed by atoms with van der Waals surface area (Å²) < 4.78 is 23.9. The van der Waals surface area contributed by atoms with Gasteiger partial charge in [-0.1, -0.05) is 35.9 Å². The van der Waals surface area contributed by atoms with Gasteiger partial charge in [-0.15, -0.1) is 0 Å². The molecule has 1 amide bonds. The number of rotatable bonds is 7. The van der Waals surface area contributed by atoms with E-state index in [0.29, 0.717) is 29.3 Å². The summed E-state index contributed by atoms with van der Waals surface area (Å²) in [6.45, 7) is 0.453. The van der Waals surface area contributed by atoms with Crippen LogP contribution in [0.5, 0.6) is 5.75 Å². The molecule has 0 N–H and O–H groups in total. The highest BCUT2D eigenvalue weighted by Crippen LogP contribution is 2.38. The maximum Gasteiger partial charge on any atom is 0.337 e. The van der Waals surface area contributed by atoms with Crippen molar-refractivity contribution in [2.45, 2.75) is 18.6 Å². The fourth-order valence-corrected chi connectivity index (χ4v) is 3.86. The van der Waals surface area contributed by atoms with Crippen molar-refractivity contribution in [2.75, 3.05) is 13.7 Å². The van der Waals surface area contributed by atoms with E-state index in [0.717, 1.165) is 11.1 Å². The number of methoxy groups -OCH3 is 1. The Morgan fingerprint density at radius 2 is 1.66 bits per heavy atom. The van der Waals surface area contributed by atoms with Crippen molar-refractivity contribution in [3.63, 3.8) is 0 Å². The van der Waals surface area contributed by atoms with E-state index in [4.69, 9.17) is 21.1 Å². The van der Waals surface area contributed by atoms with E-state index in [9.17, 15) is 14.0 Å². The Kier molecular flexibility index (Phi) is 6.42. The largest absolute Gasteiger partial charge is 0.478 e. The summed E-state index contributed by atoms with van der Waals surface area (Å²) in [6.07, 6.45) is -0.121. The fourth-order valence-electron chi connectivity index (χ4n) is 3.73. The topological polar surface area (TPSA) is 55.8 Å². The number of carbonyl (C=O) groups excluding carboxylic acids is 2. The van der Waals surface area contributed by atoms with Crippen LogP contribution in [0.3, 0.4) is 0 Å². The minimum atomic E-state index is -0.701. The molecule has 3 aromatic rings. The predicted octanol–water partition coefficient (Wildman–Crippen LogP) is 4.84. The minimum Gasteiger partial charge on any atom is -0.478 e. The molecule has 2 atom stereocenters. The van der Waals surface area contributed by atoms with Gasteiger partial charge in [-0.25, -0.2) is 9.18 Å². The van der Waals surface area contributed by atoms with E-state index in [1.807, 2.05) is 0 Å². The number of halogens is 2. The molecule has 1 aliphatic heterocycles. The normalized spacial score (nSPS) is 17.6. The third-order valence-electron chi connectivity index (χ3n) is 5.45. The van der Waals surface area contributed by atoms with Gasteiger partial charge in [0.1, 0.15) is 17.6 Å². The average Bonchev–Trinajstić information content (AvgIpc) is 2.82. The SMILES string of the molecule is COC(=O)c1ccc(C2C(Oc3ccc(Cl)cc3)C(=O)N2CCc2ccc(F)cc2)cc1. The zero-order valence-corrected chi connectivity index (χ0v) is 18.1. The predicted molar refractivity (Wildman–Crippen MR) is 118 cm³/mol. The number of hydrogen-bond donors (Lipinski definition) is 0. The molecule has 0 spiro atoms. The molecule has 0 saturated carbocycles. The van der Waals surface area contributed by atoms with Gasteiger partial charge < -0.3 is 14.4 Å². The molecule has 1 saturated heterocycles. The lowest BCUT2D eigenvalue weighted by molar-refractivity contribution is -0.164. The molecule has 7 heteroatoms. The minimum absolute atomic E-state index is 0.135. The summed E-state index contributed by atoms with van der Waals surface area (Å²) in [5.41, 5.74) is 2.20. The Bertz CT molecular complexity index is 1100. The van der Waals surface area contributed by atoms with E-state index in [1.165, 1.54) is 19.2 Å². The van der Waals surface area contributed by atoms with Crippen LogP contribution in [0.25, 0.3) is 0 Å². The molecule has 0 aromatic heterocycles. The molecule has 164 valence electrons. The van der Waals surface area contributed by atoms with Crippen LogP contribution in [0.1, 0.15) is 27.5 Å². The molecule has 0 aliphatic carbocycles. The number of likely N-dealkylation sites (tertiary alicyclic amines) is 1. The van der Waals surface area contributed by atoms with E-state index >= 15 is 0 Å². The quantitative estimate of drug-likeness (QED) is 0.379. The van der Waals surface area contributed by atoms with E-state index in [1.54, 1.807) is 65.6 Å². The van der Waals surface area contributed by atoms with E-state index in [2.05, 4.69) is 0 Å². The smallest absolute Gasteiger partial charge is 0.337 e. The molecule has 5 nitrogen and oxygen atoms in total. The Hall–Kier alpha value is -3.38. The number of hydrogen-bond acceptors (Lipinski definition) is 4. The Morgan fingerprint density at radius 1 is 1.00 bits per heavy atom. The van der Waals surface area contributed by atoms with Crippen LogP contribution in [0, 0.1) is 5.82 Å². The second kappa shape index (κ2) is 9.40. The Morgan fingerprint density at radius 3 is 2.28 bits per heavy atom. The molecule has 3 aromatic carbocycles. The van der Waals surface area contributed by atoms with Gasteiger partial charge in [0.2, 0.25) is 6.10 Å². The lowest BCUT2D eigenvalue weighted by Gasteiger charge is -2.47. The van der Waals surface area contributed by atoms with E-state index in [-0.39, 0.29) is 17.8 Å². The number of amides is 1. The van der Waals surface area contributed by atoms with Crippen LogP contribution in [-0.2, 0) is 16.0 Å². The molecular formula is C25H21ClFNO4. The van der Waals surface area contributed by atoms with Gasteiger partial charge in [-0.2, -0.15) is 0 Å². The molecule has 2 unspecified atom stereocenters. The Labute approximate surface area is 190 Å². The molecule has 1 fully saturated rings. The molecular weight excluding hydrogens is 433 g/mol. The number of esters is 1. The zero-order valence-electron chi connectivity index (χ0n) is 17.3. The highest BCUT2D eigenvalue weighted by Gasteiger charge is 2.49. The summed E-state index contributed by atoms with van der Waals surface area (Å²) >= 11 is 5.94. The van der Waals surface area contributed by atoms with Gasteiger partial charge in [0.05, 0.1) is 12.7 Å². The van der Waals surface area contributed by atoms with Crippen LogP contribution in [0.2, 0.25) is 5.02 Å². The number of carbonyl (C=O) groups is 2. The fraction of sp³-hybridized carbons (Fsp3) is 0.200. The summed E-state index contributed by atoms with van der Waals surface area (Å²) in [4.78, 5) is 26.4. The first-order valence-corrected chi connectivity index (χ1v) is 10.5. The Balaban J connectivity index is 1.55. The maximum absolute atomic E-state index is 13.2. The van der Waals surface area contributed by atoms with Crippen LogP contribution in [-0.4, -0.2) is 36.5 Å². The number of ether oxygens (including phenoxy) is 2. The average molecular weight is 454 g/mol. The summed E-state index contributed by atoms with van der Waals surface area (Å²) in [7, 11) is 1.33. The zero-order chi connectivity index (χ0) is 22.7. The van der Waals surface area contributed by atoms with E-state index < -0.39 is 12.1 Å². The van der Waals surface area contributed by atoms with Gasteiger partial charge in [-0.3, -0.25) is 4.79 Å². The van der Waals surface area contributed by atoms with Gasteiger partial charge in [0, 0.05) is 11.6 Å². The van der Waals surface area contributed by atoms with Crippen molar-refractivity contribution in [1.29, 1.82) is 0 Å². The van der Waals surface area contributed by atoms with Crippen molar-refractivity contribution in [1.82, 2.24) is 4.90 Å². The summed E-state index contributed by atoms with van der Waals surface area (Å²) in [6, 6.07) is 19.7. The first-order valence-electron chi connectivity index (χ1n) is 10.1. The van der Waals surface area contributed by atoms with Gasteiger partial charge in [-0.05, 0) is 66.1 Å². The van der Waals surface area contributed by atoms with Crippen molar-refractivity contribution >= 4 is 23.5 Å². The lowest BCUT2D eigenvalue weighted by Crippen LogP contribution is -2.61. The lowest BCUT2D eigenvalue weighted by atomic mass is 9.89. The first kappa shape index (κ1) is 21.8. The van der Waals surface area contributed by atoms with Crippen molar-refractivity contribution in [3.05, 3.63) is 100 Å². The molecule has 4 rings (SSSR count). The summed E-state index contributed by atoms with van der Waals surface area (Å²) in [5, 5.41) is 0.577. The van der Waals surface area contributed by atoms with Gasteiger partial charge in [0.25, 0.3) is 5.91 Å². The van der Waals surface area contributed by atoms with Gasteiger partial charge in [0.15, 0.2) is 0 Å². The number of nitrogens with zero attached hydrogens (tertiary/aromatic N) is 1. The third-order valence-corrected chi connectivity index (χ3v) is 5.71. The van der Waals surface area contributed by atoms with Crippen LogP contribution in [0.15, 0.2) is 72.8 Å². The molecule has 0 bridgehead atoms. The standard InChI is InChI=1S/C25H21ClFNO4/c1-31-25(30)18-6-4-17(5-7-18)22-23(32-21-12-8-19(26)9-13-21)24(29)28(22)15-14-16-2-10-20(27)11-3-16/h2-13,22-23H,14-15H2,1H3. The highest BCUT2D eigenvalue weighted by molar-refractivity contribution is 6.30. The summed E-state index contributed by atoms with van der Waals surface area (Å²) in [5.74, 6) is -0.316. The van der Waals surface area contributed by atoms with Crippen molar-refractivity contribution in [3.8, 4) is 5.75 Å². The molecule has 32 heavy (non-hydrogen) atoms. The maximum atomic E-state index is 13.2. The van der Waals surface area contributed by atoms with Crippen LogP contribution < -0.4 is 4.74 Å². The first-order chi connectivity index (χ1) is 15.5. The third kappa shape index (κ3) is 4.60. The monoisotopic (exact) mass is 453 g/mol. The van der Waals surface area contributed by atoms with Crippen molar-refractivity contribution in [2.24, 2.45) is 0 Å².